The molecule has 0 bridgehead atoms. The Labute approximate surface area is 195 Å². The highest BCUT2D eigenvalue weighted by Gasteiger charge is 2.25. The predicted molar refractivity (Wildman–Crippen MR) is 130 cm³/mol. The number of amides is 1. The molecule has 0 saturated carbocycles. The monoisotopic (exact) mass is 448 g/mol. The third kappa shape index (κ3) is 5.02. The minimum atomic E-state index is -0.128. The molecule has 4 rings (SSSR count). The number of para-hydroxylation sites is 2. The van der Waals surface area contributed by atoms with E-state index < -0.39 is 0 Å². The maximum Gasteiger partial charge on any atom is 0.260 e. The fraction of sp³-hybridized carbons (Fsp3) is 0.423. The molecule has 0 spiro atoms. The topological polar surface area (TPSA) is 67.8 Å². The van der Waals surface area contributed by atoms with Gasteiger partial charge in [0.25, 0.3) is 5.91 Å². The Morgan fingerprint density at radius 2 is 1.67 bits per heavy atom. The van der Waals surface area contributed by atoms with Gasteiger partial charge in [-0.1, -0.05) is 32.9 Å². The average molecular weight is 449 g/mol. The zero-order chi connectivity index (χ0) is 23.6. The van der Waals surface area contributed by atoms with Crippen molar-refractivity contribution in [3.8, 4) is 11.5 Å². The highest BCUT2D eigenvalue weighted by atomic mass is 16.5. The van der Waals surface area contributed by atoms with Crippen molar-refractivity contribution in [2.45, 2.75) is 33.1 Å². The van der Waals surface area contributed by atoms with Crippen LogP contribution in [0.1, 0.15) is 32.0 Å². The second-order valence-corrected chi connectivity index (χ2v) is 9.39. The first-order valence-corrected chi connectivity index (χ1v) is 11.3. The van der Waals surface area contributed by atoms with Crippen LogP contribution in [0.2, 0.25) is 0 Å². The van der Waals surface area contributed by atoms with Crippen LogP contribution in [0.4, 0.5) is 5.82 Å². The molecule has 0 unspecified atom stereocenters. The van der Waals surface area contributed by atoms with Crippen molar-refractivity contribution in [3.05, 3.63) is 53.7 Å². The van der Waals surface area contributed by atoms with Crippen LogP contribution in [-0.4, -0.2) is 60.7 Å². The van der Waals surface area contributed by atoms with Gasteiger partial charge in [0.2, 0.25) is 0 Å². The molecular weight excluding hydrogens is 416 g/mol. The summed E-state index contributed by atoms with van der Waals surface area (Å²) in [4.78, 5) is 26.5. The van der Waals surface area contributed by atoms with Crippen molar-refractivity contribution in [2.24, 2.45) is 0 Å². The third-order valence-electron chi connectivity index (χ3n) is 6.00. The van der Waals surface area contributed by atoms with Crippen molar-refractivity contribution < 1.29 is 14.3 Å². The minimum Gasteiger partial charge on any atom is -0.497 e. The van der Waals surface area contributed by atoms with Gasteiger partial charge in [-0.05, 0) is 42.7 Å². The summed E-state index contributed by atoms with van der Waals surface area (Å²) in [5, 5.41) is 0. The molecular formula is C26H32N4O3. The second kappa shape index (κ2) is 9.25. The Bertz CT molecular complexity index is 1150. The van der Waals surface area contributed by atoms with Gasteiger partial charge < -0.3 is 19.3 Å². The second-order valence-electron chi connectivity index (χ2n) is 9.39. The number of fused-ring (bicyclic) bond motifs is 1. The van der Waals surface area contributed by atoms with Crippen LogP contribution in [0.3, 0.4) is 0 Å². The number of carbonyl (C=O) groups excluding carboxylic acids is 1. The van der Waals surface area contributed by atoms with Gasteiger partial charge in [0.05, 0.1) is 23.8 Å². The number of aromatic nitrogens is 2. The van der Waals surface area contributed by atoms with E-state index in [-0.39, 0.29) is 17.9 Å². The Morgan fingerprint density at radius 1 is 1.00 bits per heavy atom. The smallest absolute Gasteiger partial charge is 0.260 e. The number of hydrogen-bond acceptors (Lipinski definition) is 6. The summed E-state index contributed by atoms with van der Waals surface area (Å²) in [7, 11) is 1.65. The molecule has 0 radical (unpaired) electrons. The van der Waals surface area contributed by atoms with Crippen LogP contribution in [0.25, 0.3) is 11.0 Å². The lowest BCUT2D eigenvalue weighted by molar-refractivity contribution is -0.133. The highest BCUT2D eigenvalue weighted by molar-refractivity contribution is 5.79. The molecule has 7 nitrogen and oxygen atoms in total. The third-order valence-corrected chi connectivity index (χ3v) is 6.00. The van der Waals surface area contributed by atoms with E-state index in [1.807, 2.05) is 54.3 Å². The molecule has 0 N–H and O–H groups in total. The molecule has 33 heavy (non-hydrogen) atoms. The fourth-order valence-corrected chi connectivity index (χ4v) is 4.12. The molecule has 2 aromatic carbocycles. The maximum absolute atomic E-state index is 12.9. The largest absolute Gasteiger partial charge is 0.497 e. The van der Waals surface area contributed by atoms with Crippen LogP contribution in [-0.2, 0) is 10.2 Å². The SMILES string of the molecule is COc1ccc(OCC(=O)N2CCN(c3nc4ccccc4nc3C)CC2)c(C(C)(C)C)c1. The van der Waals surface area contributed by atoms with Gasteiger partial charge in [-0.25, -0.2) is 9.97 Å². The van der Waals surface area contributed by atoms with Gasteiger partial charge >= 0.3 is 0 Å². The van der Waals surface area contributed by atoms with E-state index in [0.29, 0.717) is 13.1 Å². The lowest BCUT2D eigenvalue weighted by Crippen LogP contribution is -2.50. The zero-order valence-corrected chi connectivity index (χ0v) is 20.1. The number of nitrogens with zero attached hydrogens (tertiary/aromatic N) is 4. The van der Waals surface area contributed by atoms with Crippen LogP contribution < -0.4 is 14.4 Å². The average Bonchev–Trinajstić information content (AvgIpc) is 2.81. The van der Waals surface area contributed by atoms with Crippen molar-refractivity contribution >= 4 is 22.8 Å². The van der Waals surface area contributed by atoms with Gasteiger partial charge in [0, 0.05) is 31.7 Å². The van der Waals surface area contributed by atoms with Crippen LogP contribution in [0.15, 0.2) is 42.5 Å². The normalized spacial score (nSPS) is 14.5. The van der Waals surface area contributed by atoms with E-state index in [0.717, 1.165) is 52.7 Å². The molecule has 1 aliphatic heterocycles. The molecule has 7 heteroatoms. The standard InChI is InChI=1S/C26H32N4O3/c1-18-25(28-22-9-7-6-8-21(22)27-18)30-14-12-29(13-15-30)24(31)17-33-23-11-10-19(32-5)16-20(23)26(2,3)4/h6-11,16H,12-15,17H2,1-5H3. The van der Waals surface area contributed by atoms with E-state index in [2.05, 4.69) is 25.7 Å². The number of rotatable bonds is 5. The molecule has 2 heterocycles. The molecule has 174 valence electrons. The van der Waals surface area contributed by atoms with Crippen LogP contribution in [0.5, 0.6) is 11.5 Å². The number of ether oxygens (including phenoxy) is 2. The van der Waals surface area contributed by atoms with Crippen molar-refractivity contribution in [3.63, 3.8) is 0 Å². The van der Waals surface area contributed by atoms with Gasteiger partial charge in [-0.3, -0.25) is 4.79 Å². The Balaban J connectivity index is 1.38. The Kier molecular flexibility index (Phi) is 6.40. The predicted octanol–water partition coefficient (Wildman–Crippen LogP) is 3.97. The van der Waals surface area contributed by atoms with E-state index in [1.165, 1.54) is 0 Å². The summed E-state index contributed by atoms with van der Waals surface area (Å²) in [5.41, 5.74) is 3.59. The Hall–Kier alpha value is -3.35. The first-order valence-electron chi connectivity index (χ1n) is 11.3. The highest BCUT2D eigenvalue weighted by Crippen LogP contribution is 2.34. The first kappa shape index (κ1) is 22.8. The van der Waals surface area contributed by atoms with Gasteiger partial charge in [-0.15, -0.1) is 0 Å². The van der Waals surface area contributed by atoms with Gasteiger partial charge in [0.15, 0.2) is 12.4 Å². The number of methoxy groups -OCH3 is 1. The summed E-state index contributed by atoms with van der Waals surface area (Å²) < 4.78 is 11.3. The lowest BCUT2D eigenvalue weighted by atomic mass is 9.86. The molecule has 0 atom stereocenters. The summed E-state index contributed by atoms with van der Waals surface area (Å²) in [6, 6.07) is 13.6. The zero-order valence-electron chi connectivity index (χ0n) is 20.1. The van der Waals surface area contributed by atoms with Crippen LogP contribution >= 0.6 is 0 Å². The van der Waals surface area contributed by atoms with Crippen molar-refractivity contribution in [2.75, 3.05) is 44.8 Å². The summed E-state index contributed by atoms with van der Waals surface area (Å²) in [5.74, 6) is 2.39. The molecule has 3 aromatic rings. The lowest BCUT2D eigenvalue weighted by Gasteiger charge is -2.36. The summed E-state index contributed by atoms with van der Waals surface area (Å²) in [6.45, 7) is 11.1. The van der Waals surface area contributed by atoms with Gasteiger partial charge in [-0.2, -0.15) is 0 Å². The van der Waals surface area contributed by atoms with E-state index >= 15 is 0 Å². The summed E-state index contributed by atoms with van der Waals surface area (Å²) in [6.07, 6.45) is 0. The fourth-order valence-electron chi connectivity index (χ4n) is 4.12. The molecule has 0 aliphatic carbocycles. The van der Waals surface area contributed by atoms with E-state index in [9.17, 15) is 4.79 Å². The number of piperazine rings is 1. The number of carbonyl (C=O) groups is 1. The Morgan fingerprint density at radius 3 is 2.30 bits per heavy atom. The first-order chi connectivity index (χ1) is 15.8. The van der Waals surface area contributed by atoms with E-state index in [1.54, 1.807) is 7.11 Å². The van der Waals surface area contributed by atoms with Crippen molar-refractivity contribution in [1.29, 1.82) is 0 Å². The molecule has 1 saturated heterocycles. The molecule has 1 aromatic heterocycles. The quantitative estimate of drug-likeness (QED) is 0.588. The van der Waals surface area contributed by atoms with Gasteiger partial charge in [0.1, 0.15) is 11.5 Å². The minimum absolute atomic E-state index is 0.00774. The summed E-state index contributed by atoms with van der Waals surface area (Å²) >= 11 is 0. The number of benzene rings is 2. The molecule has 1 fully saturated rings. The maximum atomic E-state index is 12.9. The molecule has 1 aliphatic rings. The van der Waals surface area contributed by atoms with E-state index in [4.69, 9.17) is 19.4 Å². The van der Waals surface area contributed by atoms with Crippen molar-refractivity contribution in [1.82, 2.24) is 14.9 Å². The number of aryl methyl sites for hydroxylation is 1. The number of anilines is 1. The number of hydrogen-bond donors (Lipinski definition) is 0. The van der Waals surface area contributed by atoms with Crippen LogP contribution in [0, 0.1) is 6.92 Å². The molecule has 1 amide bonds.